The van der Waals surface area contributed by atoms with E-state index in [9.17, 15) is 13.6 Å². The van der Waals surface area contributed by atoms with Gasteiger partial charge in [0.05, 0.1) is 6.54 Å². The number of hydrogen-bond donors (Lipinski definition) is 1. The molecule has 0 saturated carbocycles. The van der Waals surface area contributed by atoms with E-state index in [1.54, 1.807) is 0 Å². The Morgan fingerprint density at radius 3 is 2.53 bits per heavy atom. The van der Waals surface area contributed by atoms with Gasteiger partial charge in [-0.05, 0) is 36.6 Å². The average molecular weight is 440 g/mol. The highest BCUT2D eigenvalue weighted by molar-refractivity contribution is 5.94. The first kappa shape index (κ1) is 22.1. The van der Waals surface area contributed by atoms with Crippen molar-refractivity contribution >= 4 is 5.91 Å². The van der Waals surface area contributed by atoms with Crippen molar-refractivity contribution in [2.24, 2.45) is 0 Å². The molecular weight excluding hydrogens is 412 g/mol. The van der Waals surface area contributed by atoms with Crippen LogP contribution in [0.4, 0.5) is 8.78 Å². The maximum atomic E-state index is 13.8. The Hall–Kier alpha value is -3.13. The van der Waals surface area contributed by atoms with Gasteiger partial charge in [0, 0.05) is 26.1 Å². The quantitative estimate of drug-likeness (QED) is 0.612. The molecule has 0 bridgehead atoms. The molecule has 1 aliphatic rings. The van der Waals surface area contributed by atoms with Crippen LogP contribution < -0.4 is 5.32 Å². The molecule has 0 radical (unpaired) electrons. The predicted molar refractivity (Wildman–Crippen MR) is 117 cm³/mol. The minimum atomic E-state index is -0.886. The minimum Gasteiger partial charge on any atom is -0.345 e. The van der Waals surface area contributed by atoms with Crippen molar-refractivity contribution in [3.8, 4) is 0 Å². The topological polar surface area (TPSA) is 63.1 Å². The number of halogens is 2. The fourth-order valence-electron chi connectivity index (χ4n) is 4.07. The lowest BCUT2D eigenvalue weighted by atomic mass is 9.98. The lowest BCUT2D eigenvalue weighted by Crippen LogP contribution is -2.30. The van der Waals surface area contributed by atoms with Crippen LogP contribution in [-0.2, 0) is 19.5 Å². The van der Waals surface area contributed by atoms with Gasteiger partial charge in [0.2, 0.25) is 0 Å². The maximum absolute atomic E-state index is 13.8. The van der Waals surface area contributed by atoms with Gasteiger partial charge in [0.25, 0.3) is 5.91 Å². The van der Waals surface area contributed by atoms with Gasteiger partial charge in [-0.1, -0.05) is 43.3 Å². The summed E-state index contributed by atoms with van der Waals surface area (Å²) in [7, 11) is 0. The van der Waals surface area contributed by atoms with Crippen LogP contribution in [0.1, 0.15) is 46.8 Å². The summed E-state index contributed by atoms with van der Waals surface area (Å²) in [6.07, 6.45) is 1.84. The molecular formula is C24H27F2N5O. The molecule has 168 valence electrons. The SMILES string of the molecule is C[C@@H](CCN1CCc2nnc(CNC(=O)c3c(F)cccc3F)n2CC1)c1ccccc1. The van der Waals surface area contributed by atoms with Gasteiger partial charge in [-0.3, -0.25) is 4.79 Å². The second-order valence-corrected chi connectivity index (χ2v) is 8.16. The third-order valence-electron chi connectivity index (χ3n) is 6.04. The van der Waals surface area contributed by atoms with Gasteiger partial charge in [0.15, 0.2) is 5.82 Å². The molecule has 1 N–H and O–H groups in total. The molecule has 2 aromatic carbocycles. The summed E-state index contributed by atoms with van der Waals surface area (Å²) in [5, 5.41) is 11.0. The van der Waals surface area contributed by atoms with E-state index in [-0.39, 0.29) is 6.54 Å². The van der Waals surface area contributed by atoms with E-state index in [1.165, 1.54) is 11.6 Å². The number of fused-ring (bicyclic) bond motifs is 1. The van der Waals surface area contributed by atoms with Crippen molar-refractivity contribution in [3.63, 3.8) is 0 Å². The van der Waals surface area contributed by atoms with E-state index in [4.69, 9.17) is 0 Å². The summed E-state index contributed by atoms with van der Waals surface area (Å²) >= 11 is 0. The first-order valence-corrected chi connectivity index (χ1v) is 10.9. The lowest BCUT2D eigenvalue weighted by molar-refractivity contribution is 0.0941. The van der Waals surface area contributed by atoms with Crippen LogP contribution in [-0.4, -0.2) is 45.2 Å². The third-order valence-corrected chi connectivity index (χ3v) is 6.04. The number of benzene rings is 2. The zero-order valence-electron chi connectivity index (χ0n) is 18.1. The monoisotopic (exact) mass is 439 g/mol. The van der Waals surface area contributed by atoms with E-state index in [0.717, 1.165) is 50.4 Å². The molecule has 0 spiro atoms. The summed E-state index contributed by atoms with van der Waals surface area (Å²) in [4.78, 5) is 14.7. The zero-order chi connectivity index (χ0) is 22.5. The van der Waals surface area contributed by atoms with Crippen molar-refractivity contribution in [2.45, 2.75) is 38.8 Å². The molecule has 2 heterocycles. The number of nitrogens with zero attached hydrogens (tertiary/aromatic N) is 4. The number of hydrogen-bond acceptors (Lipinski definition) is 4. The van der Waals surface area contributed by atoms with Crippen molar-refractivity contribution < 1.29 is 13.6 Å². The zero-order valence-corrected chi connectivity index (χ0v) is 18.1. The molecule has 6 nitrogen and oxygen atoms in total. The van der Waals surface area contributed by atoms with Crippen LogP contribution in [0.5, 0.6) is 0 Å². The standard InChI is InChI=1S/C24H27F2N5O/c1-17(18-6-3-2-4-7-18)10-12-30-13-11-21-28-29-22(31(21)15-14-30)16-27-24(32)23-19(25)8-5-9-20(23)26/h2-9,17H,10-16H2,1H3,(H,27,32)/t17-/m0/s1. The number of nitrogens with one attached hydrogen (secondary N) is 1. The molecule has 8 heteroatoms. The van der Waals surface area contributed by atoms with Crippen molar-refractivity contribution in [1.82, 2.24) is 25.0 Å². The highest BCUT2D eigenvalue weighted by Gasteiger charge is 2.21. The summed E-state index contributed by atoms with van der Waals surface area (Å²) < 4.78 is 29.7. The van der Waals surface area contributed by atoms with Gasteiger partial charge in [-0.2, -0.15) is 0 Å². The van der Waals surface area contributed by atoms with Gasteiger partial charge >= 0.3 is 0 Å². The Labute approximate surface area is 186 Å². The summed E-state index contributed by atoms with van der Waals surface area (Å²) in [6, 6.07) is 13.9. The van der Waals surface area contributed by atoms with Crippen molar-refractivity contribution in [3.05, 3.63) is 82.9 Å². The first-order chi connectivity index (χ1) is 15.5. The van der Waals surface area contributed by atoms with Crippen molar-refractivity contribution in [1.29, 1.82) is 0 Å². The molecule has 1 aromatic heterocycles. The average Bonchev–Trinajstić information content (AvgIpc) is 3.07. The Morgan fingerprint density at radius 1 is 1.03 bits per heavy atom. The van der Waals surface area contributed by atoms with E-state index in [2.05, 4.69) is 51.6 Å². The largest absolute Gasteiger partial charge is 0.345 e. The summed E-state index contributed by atoms with van der Waals surface area (Å²) in [5.74, 6) is -0.633. The molecule has 1 amide bonds. The molecule has 0 fully saturated rings. The number of carbonyl (C=O) groups excluding carboxylic acids is 1. The molecule has 32 heavy (non-hydrogen) atoms. The molecule has 0 aliphatic carbocycles. The Balaban J connectivity index is 1.33. The predicted octanol–water partition coefficient (Wildman–Crippen LogP) is 3.54. The molecule has 1 atom stereocenters. The van der Waals surface area contributed by atoms with E-state index in [1.807, 2.05) is 10.6 Å². The van der Waals surface area contributed by atoms with Gasteiger partial charge in [-0.15, -0.1) is 10.2 Å². The number of amides is 1. The fourth-order valence-corrected chi connectivity index (χ4v) is 4.07. The van der Waals surface area contributed by atoms with Gasteiger partial charge in [-0.25, -0.2) is 8.78 Å². The summed E-state index contributed by atoms with van der Waals surface area (Å²) in [5.41, 5.74) is 0.769. The summed E-state index contributed by atoms with van der Waals surface area (Å²) in [6.45, 7) is 5.77. The minimum absolute atomic E-state index is 0.0602. The van der Waals surface area contributed by atoms with Gasteiger partial charge < -0.3 is 14.8 Å². The van der Waals surface area contributed by atoms with E-state index >= 15 is 0 Å². The second kappa shape index (κ2) is 9.99. The van der Waals surface area contributed by atoms with Crippen LogP contribution in [0, 0.1) is 11.6 Å². The van der Waals surface area contributed by atoms with Crippen LogP contribution >= 0.6 is 0 Å². The smallest absolute Gasteiger partial charge is 0.257 e. The van der Waals surface area contributed by atoms with E-state index in [0.29, 0.717) is 18.3 Å². The Morgan fingerprint density at radius 2 is 1.78 bits per heavy atom. The van der Waals surface area contributed by atoms with Crippen LogP contribution in [0.15, 0.2) is 48.5 Å². The Kier molecular flexibility index (Phi) is 6.90. The maximum Gasteiger partial charge on any atom is 0.257 e. The molecule has 4 rings (SSSR count). The number of rotatable bonds is 7. The van der Waals surface area contributed by atoms with Gasteiger partial charge in [0.1, 0.15) is 23.0 Å². The number of carbonyl (C=O) groups is 1. The molecule has 1 aliphatic heterocycles. The lowest BCUT2D eigenvalue weighted by Gasteiger charge is -2.22. The Bertz CT molecular complexity index is 1050. The van der Waals surface area contributed by atoms with Crippen LogP contribution in [0.2, 0.25) is 0 Å². The third kappa shape index (κ3) is 5.02. The van der Waals surface area contributed by atoms with Crippen molar-refractivity contribution in [2.75, 3.05) is 19.6 Å². The fraction of sp³-hybridized carbons (Fsp3) is 0.375. The number of aromatic nitrogens is 3. The normalized spacial score (nSPS) is 15.1. The van der Waals surface area contributed by atoms with E-state index < -0.39 is 23.1 Å². The second-order valence-electron chi connectivity index (χ2n) is 8.16. The molecule has 0 unspecified atom stereocenters. The van der Waals surface area contributed by atoms with Crippen LogP contribution in [0.25, 0.3) is 0 Å². The highest BCUT2D eigenvalue weighted by Crippen LogP contribution is 2.20. The molecule has 0 saturated heterocycles. The molecule has 3 aromatic rings. The highest BCUT2D eigenvalue weighted by atomic mass is 19.1. The van der Waals surface area contributed by atoms with Crippen LogP contribution in [0.3, 0.4) is 0 Å². The first-order valence-electron chi connectivity index (χ1n) is 10.9.